The summed E-state index contributed by atoms with van der Waals surface area (Å²) in [5.41, 5.74) is 1.75. The molecule has 0 amide bonds. The van der Waals surface area contributed by atoms with Gasteiger partial charge in [0.2, 0.25) is 0 Å². The van der Waals surface area contributed by atoms with Gasteiger partial charge in [0, 0.05) is 3.57 Å². The van der Waals surface area contributed by atoms with Crippen LogP contribution in [0.25, 0.3) is 0 Å². The predicted molar refractivity (Wildman–Crippen MR) is 82.9 cm³/mol. The Labute approximate surface area is 126 Å². The van der Waals surface area contributed by atoms with Crippen molar-refractivity contribution in [2.45, 2.75) is 18.7 Å². The lowest BCUT2D eigenvalue weighted by molar-refractivity contribution is 0.484. The van der Waals surface area contributed by atoms with Crippen LogP contribution in [0.15, 0.2) is 47.4 Å². The number of aryl methyl sites for hydroxylation is 2. The van der Waals surface area contributed by atoms with Crippen LogP contribution in [0.5, 0.6) is 5.75 Å². The van der Waals surface area contributed by atoms with Crippen LogP contribution in [-0.4, -0.2) is 8.42 Å². The number of halogens is 1. The third kappa shape index (κ3) is 3.48. The van der Waals surface area contributed by atoms with Crippen molar-refractivity contribution in [1.82, 2.24) is 0 Å². The summed E-state index contributed by atoms with van der Waals surface area (Å²) in [4.78, 5) is 0.161. The quantitative estimate of drug-likeness (QED) is 0.595. The van der Waals surface area contributed by atoms with Gasteiger partial charge in [-0.2, -0.15) is 8.42 Å². The molecule has 100 valence electrons. The maximum atomic E-state index is 12.2. The van der Waals surface area contributed by atoms with Crippen LogP contribution >= 0.6 is 22.6 Å². The zero-order valence-corrected chi connectivity index (χ0v) is 13.5. The minimum absolute atomic E-state index is 0.161. The van der Waals surface area contributed by atoms with Crippen molar-refractivity contribution in [2.24, 2.45) is 0 Å². The van der Waals surface area contributed by atoms with Crippen LogP contribution in [0, 0.1) is 17.4 Å². The Morgan fingerprint density at radius 2 is 1.63 bits per heavy atom. The molecule has 0 aromatic heterocycles. The van der Waals surface area contributed by atoms with Gasteiger partial charge in [-0.1, -0.05) is 12.1 Å². The van der Waals surface area contributed by atoms with E-state index in [0.717, 1.165) is 14.7 Å². The van der Waals surface area contributed by atoms with Crippen molar-refractivity contribution in [3.05, 3.63) is 57.2 Å². The first kappa shape index (κ1) is 14.3. The van der Waals surface area contributed by atoms with Crippen molar-refractivity contribution in [3.63, 3.8) is 0 Å². The highest BCUT2D eigenvalue weighted by atomic mass is 127. The zero-order valence-electron chi connectivity index (χ0n) is 10.6. The molecule has 2 aromatic rings. The molecular weight excluding hydrogens is 375 g/mol. The highest BCUT2D eigenvalue weighted by Gasteiger charge is 2.17. The molecule has 0 bridgehead atoms. The summed E-state index contributed by atoms with van der Waals surface area (Å²) in [6.45, 7) is 3.71. The SMILES string of the molecule is Cc1ccc(C)c(OS(=O)(=O)c2ccc(I)cc2)c1. The number of benzene rings is 2. The van der Waals surface area contributed by atoms with Crippen LogP contribution in [0.4, 0.5) is 0 Å². The maximum absolute atomic E-state index is 12.2. The van der Waals surface area contributed by atoms with Crippen molar-refractivity contribution in [1.29, 1.82) is 0 Å². The molecule has 0 N–H and O–H groups in total. The van der Waals surface area contributed by atoms with Gasteiger partial charge < -0.3 is 4.18 Å². The van der Waals surface area contributed by atoms with E-state index in [2.05, 4.69) is 22.6 Å². The fourth-order valence-corrected chi connectivity index (χ4v) is 2.91. The second-order valence-corrected chi connectivity index (χ2v) is 7.05. The molecule has 5 heteroatoms. The van der Waals surface area contributed by atoms with E-state index in [1.165, 1.54) is 0 Å². The molecule has 0 heterocycles. The van der Waals surface area contributed by atoms with Crippen molar-refractivity contribution in [3.8, 4) is 5.75 Å². The van der Waals surface area contributed by atoms with Gasteiger partial charge in [-0.05, 0) is 77.9 Å². The van der Waals surface area contributed by atoms with Crippen molar-refractivity contribution >= 4 is 32.7 Å². The van der Waals surface area contributed by atoms with Gasteiger partial charge >= 0.3 is 10.1 Å². The van der Waals surface area contributed by atoms with E-state index in [1.807, 2.05) is 26.0 Å². The summed E-state index contributed by atoms with van der Waals surface area (Å²) >= 11 is 2.12. The highest BCUT2D eigenvalue weighted by molar-refractivity contribution is 14.1. The van der Waals surface area contributed by atoms with Crippen LogP contribution in [0.3, 0.4) is 0 Å². The Morgan fingerprint density at radius 3 is 2.26 bits per heavy atom. The van der Waals surface area contributed by atoms with Gasteiger partial charge in [-0.15, -0.1) is 0 Å². The highest BCUT2D eigenvalue weighted by Crippen LogP contribution is 2.24. The third-order valence-corrected chi connectivity index (χ3v) is 4.61. The summed E-state index contributed by atoms with van der Waals surface area (Å²) in [5, 5.41) is 0. The lowest BCUT2D eigenvalue weighted by atomic mass is 10.1. The fraction of sp³-hybridized carbons (Fsp3) is 0.143. The van der Waals surface area contributed by atoms with Crippen LogP contribution in [0.2, 0.25) is 0 Å². The van der Waals surface area contributed by atoms with E-state index in [1.54, 1.807) is 30.3 Å². The van der Waals surface area contributed by atoms with Crippen molar-refractivity contribution in [2.75, 3.05) is 0 Å². The third-order valence-electron chi connectivity index (χ3n) is 2.65. The summed E-state index contributed by atoms with van der Waals surface area (Å²) in [6.07, 6.45) is 0. The molecule has 0 aliphatic rings. The maximum Gasteiger partial charge on any atom is 0.339 e. The van der Waals surface area contributed by atoms with Crippen LogP contribution in [0.1, 0.15) is 11.1 Å². The minimum atomic E-state index is -3.77. The lowest BCUT2D eigenvalue weighted by Gasteiger charge is -2.10. The molecule has 2 aromatic carbocycles. The Bertz CT molecular complexity index is 691. The van der Waals surface area contributed by atoms with E-state index in [0.29, 0.717) is 5.75 Å². The molecule has 0 atom stereocenters. The molecular formula is C14H13IO3S. The lowest BCUT2D eigenvalue weighted by Crippen LogP contribution is -2.10. The molecule has 2 rings (SSSR count). The van der Waals surface area contributed by atoms with E-state index in [9.17, 15) is 8.42 Å². The molecule has 19 heavy (non-hydrogen) atoms. The topological polar surface area (TPSA) is 43.4 Å². The molecule has 0 aliphatic carbocycles. The van der Waals surface area contributed by atoms with Gasteiger partial charge in [-0.25, -0.2) is 0 Å². The average Bonchev–Trinajstić information content (AvgIpc) is 2.34. The number of hydrogen-bond donors (Lipinski definition) is 0. The van der Waals surface area contributed by atoms with E-state index < -0.39 is 10.1 Å². The first-order valence-corrected chi connectivity index (χ1v) is 8.14. The fourth-order valence-electron chi connectivity index (χ4n) is 1.56. The molecule has 0 aliphatic heterocycles. The smallest absolute Gasteiger partial charge is 0.339 e. The molecule has 0 saturated carbocycles. The monoisotopic (exact) mass is 388 g/mol. The van der Waals surface area contributed by atoms with E-state index in [4.69, 9.17) is 4.18 Å². The Balaban J connectivity index is 2.36. The summed E-state index contributed by atoms with van der Waals surface area (Å²) in [7, 11) is -3.77. The van der Waals surface area contributed by atoms with Crippen LogP contribution in [-0.2, 0) is 10.1 Å². The molecule has 0 fully saturated rings. The molecule has 0 unspecified atom stereocenters. The Morgan fingerprint density at radius 1 is 1.00 bits per heavy atom. The van der Waals surface area contributed by atoms with Gasteiger partial charge in [-0.3, -0.25) is 0 Å². The van der Waals surface area contributed by atoms with Gasteiger partial charge in [0.1, 0.15) is 10.6 Å². The zero-order chi connectivity index (χ0) is 14.0. The Kier molecular flexibility index (Phi) is 4.15. The minimum Gasteiger partial charge on any atom is -0.379 e. The largest absolute Gasteiger partial charge is 0.379 e. The second kappa shape index (κ2) is 5.50. The van der Waals surface area contributed by atoms with Gasteiger partial charge in [0.15, 0.2) is 0 Å². The summed E-state index contributed by atoms with van der Waals surface area (Å²) in [6, 6.07) is 12.0. The molecule has 0 radical (unpaired) electrons. The standard InChI is InChI=1S/C14H13IO3S/c1-10-3-4-11(2)14(9-10)18-19(16,17)13-7-5-12(15)6-8-13/h3-9H,1-2H3. The molecule has 3 nitrogen and oxygen atoms in total. The van der Waals surface area contributed by atoms with Crippen LogP contribution < -0.4 is 4.18 Å². The summed E-state index contributed by atoms with van der Waals surface area (Å²) < 4.78 is 30.5. The van der Waals surface area contributed by atoms with Crippen molar-refractivity contribution < 1.29 is 12.6 Å². The van der Waals surface area contributed by atoms with Gasteiger partial charge in [0.25, 0.3) is 0 Å². The normalized spacial score (nSPS) is 11.3. The first-order valence-electron chi connectivity index (χ1n) is 5.66. The number of hydrogen-bond acceptors (Lipinski definition) is 3. The van der Waals surface area contributed by atoms with E-state index >= 15 is 0 Å². The van der Waals surface area contributed by atoms with E-state index in [-0.39, 0.29) is 4.90 Å². The first-order chi connectivity index (χ1) is 8.88. The average molecular weight is 388 g/mol. The van der Waals surface area contributed by atoms with Gasteiger partial charge in [0.05, 0.1) is 0 Å². The second-order valence-electron chi connectivity index (χ2n) is 4.26. The summed E-state index contributed by atoms with van der Waals surface area (Å²) in [5.74, 6) is 0.374. The molecule has 0 saturated heterocycles. The number of rotatable bonds is 3. The Hall–Kier alpha value is -1.08. The predicted octanol–water partition coefficient (Wildman–Crippen LogP) is 3.68. The molecule has 0 spiro atoms.